The summed E-state index contributed by atoms with van der Waals surface area (Å²) >= 11 is 0. The van der Waals surface area contributed by atoms with Crippen LogP contribution in [0.4, 0.5) is 0 Å². The average Bonchev–Trinajstić information content (AvgIpc) is 3.28. The molecule has 0 aromatic heterocycles. The molecule has 0 aromatic rings. The van der Waals surface area contributed by atoms with E-state index in [-0.39, 0.29) is 41.7 Å². The third-order valence-electron chi connectivity index (χ3n) is 9.80. The molecule has 3 saturated carbocycles. The highest BCUT2D eigenvalue weighted by molar-refractivity contribution is 6.00. The van der Waals surface area contributed by atoms with Crippen LogP contribution in [-0.4, -0.2) is 43.0 Å². The first-order valence-corrected chi connectivity index (χ1v) is 12.0. The maximum Gasteiger partial charge on any atom is 0.313 e. The minimum absolute atomic E-state index is 0.0201. The number of nitrogens with zero attached hydrogens (tertiary/aromatic N) is 2. The van der Waals surface area contributed by atoms with E-state index in [0.717, 1.165) is 38.5 Å². The summed E-state index contributed by atoms with van der Waals surface area (Å²) in [5, 5.41) is 8.63. The Hall–Kier alpha value is -2.05. The van der Waals surface area contributed by atoms with Crippen LogP contribution >= 0.6 is 0 Å². The molecule has 4 aliphatic carbocycles. The molecule has 0 radical (unpaired) electrons. The number of ketones is 1. The third kappa shape index (κ3) is 2.81. The smallest absolute Gasteiger partial charge is 0.313 e. The van der Waals surface area contributed by atoms with Crippen molar-refractivity contribution in [3.8, 4) is 0 Å². The van der Waals surface area contributed by atoms with Crippen molar-refractivity contribution < 1.29 is 23.9 Å². The molecule has 5 aliphatic rings. The van der Waals surface area contributed by atoms with Gasteiger partial charge in [0.25, 0.3) is 0 Å². The Morgan fingerprint density at radius 3 is 2.59 bits per heavy atom. The van der Waals surface area contributed by atoms with E-state index >= 15 is 0 Å². The van der Waals surface area contributed by atoms with Gasteiger partial charge in [-0.1, -0.05) is 25.5 Å². The number of azo groups is 1. The van der Waals surface area contributed by atoms with Crippen LogP contribution in [0.1, 0.15) is 65.7 Å². The summed E-state index contributed by atoms with van der Waals surface area (Å²) in [4.78, 5) is 37.9. The maximum atomic E-state index is 13.9. The standard InChI is InChI=1S/C25H34N2O5/c1-14(28)32-16-7-9-23(2)15(11-16)5-6-17-18(23)8-10-24(3)19(17)12-25(22(24)30)20(13-26-27-25)21(29)31-4/h5,16-20H,6-13H2,1-4H3/t16-,17+,18-,19-,20+,23-,24-,25-/m0/s1. The van der Waals surface area contributed by atoms with Crippen LogP contribution in [0.3, 0.4) is 0 Å². The van der Waals surface area contributed by atoms with Gasteiger partial charge in [0.15, 0.2) is 11.3 Å². The number of methoxy groups -OCH3 is 1. The van der Waals surface area contributed by atoms with E-state index in [0.29, 0.717) is 18.3 Å². The summed E-state index contributed by atoms with van der Waals surface area (Å²) in [6.07, 6.45) is 8.44. The zero-order valence-corrected chi connectivity index (χ0v) is 19.6. The molecular weight excluding hydrogens is 408 g/mol. The minimum atomic E-state index is -1.04. The largest absolute Gasteiger partial charge is 0.469 e. The van der Waals surface area contributed by atoms with Gasteiger partial charge in [-0.05, 0) is 61.7 Å². The lowest BCUT2D eigenvalue weighted by Gasteiger charge is -2.56. The van der Waals surface area contributed by atoms with E-state index in [1.165, 1.54) is 19.6 Å². The summed E-state index contributed by atoms with van der Waals surface area (Å²) in [6.45, 7) is 6.21. The average molecular weight is 443 g/mol. The van der Waals surface area contributed by atoms with Gasteiger partial charge in [0, 0.05) is 18.8 Å². The van der Waals surface area contributed by atoms with Crippen LogP contribution < -0.4 is 0 Å². The Morgan fingerprint density at radius 1 is 1.12 bits per heavy atom. The fourth-order valence-electron chi connectivity index (χ4n) is 8.13. The number of carbonyl (C=O) groups is 3. The second kappa shape index (κ2) is 7.22. The second-order valence-electron chi connectivity index (χ2n) is 11.1. The van der Waals surface area contributed by atoms with E-state index < -0.39 is 16.9 Å². The van der Waals surface area contributed by atoms with Gasteiger partial charge in [-0.2, -0.15) is 10.2 Å². The molecule has 32 heavy (non-hydrogen) atoms. The Kier molecular flexibility index (Phi) is 4.92. The van der Waals surface area contributed by atoms with Crippen molar-refractivity contribution in [2.45, 2.75) is 77.4 Å². The summed E-state index contributed by atoms with van der Waals surface area (Å²) in [5.41, 5.74) is -0.00219. The summed E-state index contributed by atoms with van der Waals surface area (Å²) < 4.78 is 10.6. The number of esters is 2. The number of fused-ring (bicyclic) bond motifs is 5. The van der Waals surface area contributed by atoms with Gasteiger partial charge in [0.1, 0.15) is 12.0 Å². The van der Waals surface area contributed by atoms with E-state index in [9.17, 15) is 14.4 Å². The SMILES string of the molecule is COC(=O)[C@H]1CN=N[C@@]12C[C@H]1[C@@H]3CC=C4C[C@@H](OC(C)=O)CC[C@]4(C)[C@H]3CC[C@]1(C)C2=O. The number of rotatable bonds is 2. The lowest BCUT2D eigenvalue weighted by atomic mass is 9.48. The van der Waals surface area contributed by atoms with Crippen LogP contribution in [0.2, 0.25) is 0 Å². The highest BCUT2D eigenvalue weighted by Crippen LogP contribution is 2.67. The molecule has 0 bridgehead atoms. The van der Waals surface area contributed by atoms with Crippen molar-refractivity contribution in [3.05, 3.63) is 11.6 Å². The first kappa shape index (κ1) is 21.8. The molecule has 7 nitrogen and oxygen atoms in total. The van der Waals surface area contributed by atoms with Crippen molar-refractivity contribution in [1.82, 2.24) is 0 Å². The zero-order chi connectivity index (χ0) is 22.9. The van der Waals surface area contributed by atoms with E-state index in [1.54, 1.807) is 0 Å². The van der Waals surface area contributed by atoms with Crippen LogP contribution in [-0.2, 0) is 23.9 Å². The molecule has 0 saturated heterocycles. The van der Waals surface area contributed by atoms with Crippen molar-refractivity contribution in [1.29, 1.82) is 0 Å². The summed E-state index contributed by atoms with van der Waals surface area (Å²) in [7, 11) is 1.37. The molecule has 8 atom stereocenters. The normalized spacial score (nSPS) is 46.8. The molecule has 0 unspecified atom stereocenters. The van der Waals surface area contributed by atoms with Gasteiger partial charge in [-0.15, -0.1) is 0 Å². The molecule has 5 rings (SSSR count). The van der Waals surface area contributed by atoms with Gasteiger partial charge in [-0.25, -0.2) is 0 Å². The lowest BCUT2D eigenvalue weighted by molar-refractivity contribution is -0.150. The van der Waals surface area contributed by atoms with Gasteiger partial charge in [0.2, 0.25) is 0 Å². The van der Waals surface area contributed by atoms with Crippen LogP contribution in [0.25, 0.3) is 0 Å². The fourth-order valence-corrected chi connectivity index (χ4v) is 8.13. The van der Waals surface area contributed by atoms with Crippen LogP contribution in [0, 0.1) is 34.5 Å². The third-order valence-corrected chi connectivity index (χ3v) is 9.80. The number of ether oxygens (including phenoxy) is 2. The molecule has 174 valence electrons. The number of carbonyl (C=O) groups excluding carboxylic acids is 3. The molecule has 1 aliphatic heterocycles. The summed E-state index contributed by atoms with van der Waals surface area (Å²) in [5.74, 6) is 0.0142. The van der Waals surface area contributed by atoms with Crippen LogP contribution in [0.15, 0.2) is 21.9 Å². The number of allylic oxidation sites excluding steroid dienone is 1. The molecular formula is C25H34N2O5. The number of Topliss-reactive ketones (excluding diaryl/α,β-unsaturated/α-hetero) is 1. The van der Waals surface area contributed by atoms with E-state index in [4.69, 9.17) is 9.47 Å². The van der Waals surface area contributed by atoms with E-state index in [2.05, 4.69) is 30.2 Å². The second-order valence-corrected chi connectivity index (χ2v) is 11.1. The van der Waals surface area contributed by atoms with Gasteiger partial charge in [0.05, 0.1) is 13.7 Å². The van der Waals surface area contributed by atoms with Crippen molar-refractivity contribution in [2.24, 2.45) is 44.7 Å². The van der Waals surface area contributed by atoms with Crippen molar-refractivity contribution >= 4 is 17.7 Å². The van der Waals surface area contributed by atoms with Crippen molar-refractivity contribution in [3.63, 3.8) is 0 Å². The fraction of sp³-hybridized carbons (Fsp3) is 0.800. The molecule has 3 fully saturated rings. The Morgan fingerprint density at radius 2 is 1.88 bits per heavy atom. The Bertz CT molecular complexity index is 927. The van der Waals surface area contributed by atoms with Crippen molar-refractivity contribution in [2.75, 3.05) is 13.7 Å². The number of hydrogen-bond donors (Lipinski definition) is 0. The Balaban J connectivity index is 1.46. The molecule has 0 N–H and O–H groups in total. The predicted octanol–water partition coefficient (Wildman–Crippen LogP) is 4.05. The Labute approximate surface area is 189 Å². The maximum absolute atomic E-state index is 13.9. The van der Waals surface area contributed by atoms with Gasteiger partial charge >= 0.3 is 11.9 Å². The minimum Gasteiger partial charge on any atom is -0.469 e. The first-order valence-electron chi connectivity index (χ1n) is 12.0. The first-order chi connectivity index (χ1) is 15.2. The van der Waals surface area contributed by atoms with Gasteiger partial charge in [-0.3, -0.25) is 14.4 Å². The highest BCUT2D eigenvalue weighted by atomic mass is 16.5. The monoisotopic (exact) mass is 442 g/mol. The van der Waals surface area contributed by atoms with Gasteiger partial charge < -0.3 is 9.47 Å². The highest BCUT2D eigenvalue weighted by Gasteiger charge is 2.70. The molecule has 1 spiro atoms. The molecule has 0 aromatic carbocycles. The van der Waals surface area contributed by atoms with Crippen LogP contribution in [0.5, 0.6) is 0 Å². The van der Waals surface area contributed by atoms with E-state index in [1.807, 2.05) is 0 Å². The summed E-state index contributed by atoms with van der Waals surface area (Å²) in [6, 6.07) is 0. The predicted molar refractivity (Wildman–Crippen MR) is 116 cm³/mol. The zero-order valence-electron chi connectivity index (χ0n) is 19.6. The quantitative estimate of drug-likeness (QED) is 0.475. The molecule has 0 amide bonds. The number of hydrogen-bond acceptors (Lipinski definition) is 7. The molecule has 7 heteroatoms. The topological polar surface area (TPSA) is 94.4 Å². The molecule has 1 heterocycles. The lowest BCUT2D eigenvalue weighted by Crippen LogP contribution is -2.51.